The van der Waals surface area contributed by atoms with Crippen molar-refractivity contribution in [3.8, 4) is 10.6 Å². The van der Waals surface area contributed by atoms with Crippen molar-refractivity contribution in [3.63, 3.8) is 0 Å². The minimum Gasteiger partial charge on any atom is -0.476 e. The van der Waals surface area contributed by atoms with Crippen LogP contribution in [0.2, 0.25) is 0 Å². The average molecular weight is 389 g/mol. The Bertz CT molecular complexity index is 817. The normalized spacial score (nSPS) is 10.6. The second-order valence-electron chi connectivity index (χ2n) is 6.40. The molecule has 1 heterocycles. The highest BCUT2D eigenvalue weighted by atomic mass is 32.1. The van der Waals surface area contributed by atoms with Crippen molar-refractivity contribution in [1.29, 1.82) is 0 Å². The van der Waals surface area contributed by atoms with Crippen molar-refractivity contribution in [2.24, 2.45) is 0 Å². The molecule has 2 aromatic rings. The molecule has 7 nitrogen and oxygen atoms in total. The van der Waals surface area contributed by atoms with Crippen LogP contribution in [0.25, 0.3) is 10.6 Å². The number of carboxylic acid groups (broad SMARTS) is 1. The lowest BCUT2D eigenvalue weighted by atomic mass is 10.1. The number of thiazole rings is 1. The summed E-state index contributed by atoms with van der Waals surface area (Å²) in [6.45, 7) is 4.15. The third-order valence-corrected chi connectivity index (χ3v) is 4.54. The van der Waals surface area contributed by atoms with E-state index in [0.717, 1.165) is 11.1 Å². The van der Waals surface area contributed by atoms with E-state index in [1.165, 1.54) is 16.7 Å². The zero-order chi connectivity index (χ0) is 19.8. The second-order valence-corrected chi connectivity index (χ2v) is 7.25. The van der Waals surface area contributed by atoms with Gasteiger partial charge in [0.25, 0.3) is 0 Å². The molecule has 8 heteroatoms. The number of aromatic carboxylic acids is 1. The van der Waals surface area contributed by atoms with Gasteiger partial charge in [-0.05, 0) is 31.9 Å². The summed E-state index contributed by atoms with van der Waals surface area (Å²) >= 11 is 1.26. The van der Waals surface area contributed by atoms with Gasteiger partial charge in [-0.15, -0.1) is 11.3 Å². The van der Waals surface area contributed by atoms with Gasteiger partial charge >= 0.3 is 5.97 Å². The van der Waals surface area contributed by atoms with Gasteiger partial charge in [-0.25, -0.2) is 9.78 Å². The summed E-state index contributed by atoms with van der Waals surface area (Å²) in [4.78, 5) is 38.5. The third-order valence-electron chi connectivity index (χ3n) is 3.64. The molecule has 0 saturated heterocycles. The molecule has 27 heavy (non-hydrogen) atoms. The standard InChI is InChI=1S/C19H23N3O4S/c1-12(2)21-17(24)8-4-7-16(23)20-10-13-5-3-6-14(9-13)18-22-15(11-27-18)19(25)26/h3,5-6,9,11-12H,4,7-8,10H2,1-2H3,(H,20,23)(H,21,24)(H,25,26). The van der Waals surface area contributed by atoms with Crippen LogP contribution in [0.3, 0.4) is 0 Å². The zero-order valence-electron chi connectivity index (χ0n) is 15.3. The maximum atomic E-state index is 11.9. The molecule has 0 bridgehead atoms. The third kappa shape index (κ3) is 6.82. The lowest BCUT2D eigenvalue weighted by Crippen LogP contribution is -2.30. The summed E-state index contributed by atoms with van der Waals surface area (Å²) in [5.74, 6) is -1.21. The summed E-state index contributed by atoms with van der Waals surface area (Å²) in [5.41, 5.74) is 1.73. The number of hydrogen-bond acceptors (Lipinski definition) is 5. The highest BCUT2D eigenvalue weighted by Gasteiger charge is 2.11. The van der Waals surface area contributed by atoms with Crippen LogP contribution in [0.15, 0.2) is 29.6 Å². The summed E-state index contributed by atoms with van der Waals surface area (Å²) in [7, 11) is 0. The van der Waals surface area contributed by atoms with Crippen molar-refractivity contribution in [1.82, 2.24) is 15.6 Å². The first-order valence-corrected chi connectivity index (χ1v) is 9.57. The molecule has 0 aliphatic carbocycles. The molecule has 3 N–H and O–H groups in total. The number of nitrogens with one attached hydrogen (secondary N) is 2. The Morgan fingerprint density at radius 1 is 1.19 bits per heavy atom. The van der Waals surface area contributed by atoms with Crippen LogP contribution in [0.4, 0.5) is 0 Å². The minimum atomic E-state index is -1.05. The van der Waals surface area contributed by atoms with E-state index in [-0.39, 0.29) is 23.6 Å². The number of aromatic nitrogens is 1. The minimum absolute atomic E-state index is 0.0233. The molecule has 1 aromatic carbocycles. The van der Waals surface area contributed by atoms with Crippen molar-refractivity contribution >= 4 is 29.1 Å². The first-order valence-electron chi connectivity index (χ1n) is 8.69. The fourth-order valence-corrected chi connectivity index (χ4v) is 3.20. The zero-order valence-corrected chi connectivity index (χ0v) is 16.1. The van der Waals surface area contributed by atoms with Crippen LogP contribution in [0, 0.1) is 0 Å². The van der Waals surface area contributed by atoms with Gasteiger partial charge in [-0.1, -0.05) is 18.2 Å². The largest absolute Gasteiger partial charge is 0.476 e. The number of carbonyl (C=O) groups is 3. The van der Waals surface area contributed by atoms with Gasteiger partial charge in [0.05, 0.1) is 0 Å². The molecule has 0 spiro atoms. The van der Waals surface area contributed by atoms with Crippen LogP contribution in [-0.2, 0) is 16.1 Å². The van der Waals surface area contributed by atoms with Crippen LogP contribution in [-0.4, -0.2) is 33.9 Å². The van der Waals surface area contributed by atoms with E-state index < -0.39 is 5.97 Å². The monoisotopic (exact) mass is 389 g/mol. The SMILES string of the molecule is CC(C)NC(=O)CCCC(=O)NCc1cccc(-c2nc(C(=O)O)cs2)c1. The molecule has 0 aliphatic heterocycles. The predicted octanol–water partition coefficient (Wildman–Crippen LogP) is 2.82. The topological polar surface area (TPSA) is 108 Å². The highest BCUT2D eigenvalue weighted by Crippen LogP contribution is 2.24. The van der Waals surface area contributed by atoms with Gasteiger partial charge in [0.15, 0.2) is 5.69 Å². The lowest BCUT2D eigenvalue weighted by molar-refractivity contribution is -0.122. The summed E-state index contributed by atoms with van der Waals surface area (Å²) in [6.07, 6.45) is 1.12. The summed E-state index contributed by atoms with van der Waals surface area (Å²) < 4.78 is 0. The quantitative estimate of drug-likeness (QED) is 0.611. The molecule has 1 aromatic heterocycles. The Kier molecular flexibility index (Phi) is 7.48. The van der Waals surface area contributed by atoms with Crippen molar-refractivity contribution in [2.75, 3.05) is 0 Å². The van der Waals surface area contributed by atoms with Crippen LogP contribution in [0.1, 0.15) is 49.2 Å². The van der Waals surface area contributed by atoms with E-state index in [4.69, 9.17) is 5.11 Å². The Labute approximate surface area is 161 Å². The molecular formula is C19H23N3O4S. The fraction of sp³-hybridized carbons (Fsp3) is 0.368. The number of benzene rings is 1. The summed E-state index contributed by atoms with van der Waals surface area (Å²) in [6, 6.07) is 7.55. The highest BCUT2D eigenvalue weighted by molar-refractivity contribution is 7.13. The molecule has 2 rings (SSSR count). The molecule has 2 amide bonds. The van der Waals surface area contributed by atoms with E-state index in [9.17, 15) is 14.4 Å². The van der Waals surface area contributed by atoms with Gasteiger partial charge < -0.3 is 15.7 Å². The van der Waals surface area contributed by atoms with Gasteiger partial charge in [0, 0.05) is 36.4 Å². The van der Waals surface area contributed by atoms with E-state index in [1.54, 1.807) is 0 Å². The Hall–Kier alpha value is -2.74. The van der Waals surface area contributed by atoms with Crippen molar-refractivity contribution in [2.45, 2.75) is 45.7 Å². The van der Waals surface area contributed by atoms with Gasteiger partial charge in [0.1, 0.15) is 5.01 Å². The number of carboxylic acids is 1. The van der Waals surface area contributed by atoms with E-state index in [0.29, 0.717) is 30.8 Å². The van der Waals surface area contributed by atoms with Crippen molar-refractivity contribution < 1.29 is 19.5 Å². The molecule has 0 fully saturated rings. The molecule has 0 atom stereocenters. The first kappa shape index (κ1) is 20.6. The smallest absolute Gasteiger partial charge is 0.355 e. The van der Waals surface area contributed by atoms with E-state index in [1.807, 2.05) is 38.1 Å². The number of hydrogen-bond donors (Lipinski definition) is 3. The Morgan fingerprint density at radius 2 is 1.93 bits per heavy atom. The second kappa shape index (κ2) is 9.82. The average Bonchev–Trinajstić information content (AvgIpc) is 3.10. The summed E-state index contributed by atoms with van der Waals surface area (Å²) in [5, 5.41) is 16.7. The first-order chi connectivity index (χ1) is 12.8. The fourth-order valence-electron chi connectivity index (χ4n) is 2.41. The van der Waals surface area contributed by atoms with Gasteiger partial charge in [0.2, 0.25) is 11.8 Å². The molecule has 0 aliphatic rings. The molecular weight excluding hydrogens is 366 g/mol. The maximum Gasteiger partial charge on any atom is 0.355 e. The Morgan fingerprint density at radius 3 is 2.59 bits per heavy atom. The van der Waals surface area contributed by atoms with E-state index in [2.05, 4.69) is 15.6 Å². The van der Waals surface area contributed by atoms with Gasteiger partial charge in [-0.2, -0.15) is 0 Å². The number of rotatable bonds is 9. The predicted molar refractivity (Wildman–Crippen MR) is 103 cm³/mol. The number of nitrogens with zero attached hydrogens (tertiary/aromatic N) is 1. The van der Waals surface area contributed by atoms with Crippen LogP contribution < -0.4 is 10.6 Å². The van der Waals surface area contributed by atoms with E-state index >= 15 is 0 Å². The van der Waals surface area contributed by atoms with Gasteiger partial charge in [-0.3, -0.25) is 9.59 Å². The molecule has 0 unspecified atom stereocenters. The maximum absolute atomic E-state index is 11.9. The number of carbonyl (C=O) groups excluding carboxylic acids is 2. The molecule has 0 saturated carbocycles. The lowest BCUT2D eigenvalue weighted by Gasteiger charge is -2.08. The Balaban J connectivity index is 1.83. The molecule has 0 radical (unpaired) electrons. The number of amides is 2. The van der Waals surface area contributed by atoms with Crippen molar-refractivity contribution in [3.05, 3.63) is 40.9 Å². The van der Waals surface area contributed by atoms with Crippen LogP contribution >= 0.6 is 11.3 Å². The van der Waals surface area contributed by atoms with Crippen LogP contribution in [0.5, 0.6) is 0 Å². The molecule has 144 valence electrons.